The summed E-state index contributed by atoms with van der Waals surface area (Å²) in [6.45, 7) is 14.6. The molecule has 30 nitrogen and oxygen atoms in total. The number of aliphatic hydroxyl groups excluding tert-OH is 17. The Morgan fingerprint density at radius 2 is 1.01 bits per heavy atom. The molecular weight excluding hydrogens is 1250 g/mol. The Morgan fingerprint density at radius 3 is 1.62 bits per heavy atom. The molecule has 10 fully saturated rings. The number of fused-ring (bicyclic) bond motifs is 7. The molecule has 11 aliphatic rings. The van der Waals surface area contributed by atoms with Crippen LogP contribution in [-0.2, 0) is 61.6 Å². The molecule has 4 saturated carbocycles. The van der Waals surface area contributed by atoms with Crippen molar-refractivity contribution in [3.8, 4) is 0 Å². The molecule has 0 aromatic carbocycles. The zero-order chi connectivity index (χ0) is 68.4. The number of carbonyl (C=O) groups is 1. The number of aliphatic hydroxyl groups is 17. The van der Waals surface area contributed by atoms with Crippen molar-refractivity contribution in [3.63, 3.8) is 0 Å². The molecule has 6 heterocycles. The van der Waals surface area contributed by atoms with E-state index in [9.17, 15) is 86.8 Å². The van der Waals surface area contributed by atoms with Crippen molar-refractivity contribution in [3.05, 3.63) is 11.6 Å². The van der Waals surface area contributed by atoms with E-state index in [1.54, 1.807) is 0 Å². The number of hydrogen-bond acceptors (Lipinski definition) is 30. The van der Waals surface area contributed by atoms with Crippen LogP contribution in [0.2, 0.25) is 0 Å². The van der Waals surface area contributed by atoms with Crippen LogP contribution in [-0.4, -0.2) is 304 Å². The third-order valence-electron chi connectivity index (χ3n) is 24.9. The fourth-order valence-corrected chi connectivity index (χ4v) is 18.7. The highest BCUT2D eigenvalue weighted by molar-refractivity contribution is 5.79. The van der Waals surface area contributed by atoms with Crippen molar-refractivity contribution in [2.75, 3.05) is 33.0 Å². The van der Waals surface area contributed by atoms with Gasteiger partial charge in [-0.3, -0.25) is 4.79 Å². The minimum absolute atomic E-state index is 0.143. The number of ether oxygens (including phenoxy) is 12. The van der Waals surface area contributed by atoms with Crippen molar-refractivity contribution in [2.24, 2.45) is 50.2 Å². The molecule has 94 heavy (non-hydrogen) atoms. The first-order valence-corrected chi connectivity index (χ1v) is 33.5. The average molecular weight is 1350 g/mol. The number of carbonyl (C=O) groups excluding carboxylic acids is 1. The Hall–Kier alpha value is -1.91. The molecule has 30 heteroatoms. The lowest BCUT2D eigenvalue weighted by molar-refractivity contribution is -0.375. The lowest BCUT2D eigenvalue weighted by atomic mass is 9.33. The summed E-state index contributed by atoms with van der Waals surface area (Å²) in [5.41, 5.74) is -1.18. The van der Waals surface area contributed by atoms with Gasteiger partial charge in [-0.15, -0.1) is 0 Å². The second kappa shape index (κ2) is 27.5. The van der Waals surface area contributed by atoms with E-state index in [1.165, 1.54) is 12.5 Å². The zero-order valence-electron chi connectivity index (χ0n) is 54.6. The molecule has 5 aliphatic carbocycles. The van der Waals surface area contributed by atoms with Gasteiger partial charge in [0, 0.05) is 0 Å². The van der Waals surface area contributed by atoms with E-state index in [0.717, 1.165) is 25.7 Å². The normalized spacial score (nSPS) is 54.2. The van der Waals surface area contributed by atoms with Crippen molar-refractivity contribution in [1.29, 1.82) is 0 Å². The highest BCUT2D eigenvalue weighted by Crippen LogP contribution is 2.76. The molecule has 0 aromatic heterocycles. The van der Waals surface area contributed by atoms with Gasteiger partial charge in [-0.2, -0.15) is 0 Å². The molecule has 11 rings (SSSR count). The van der Waals surface area contributed by atoms with E-state index in [1.807, 2.05) is 0 Å². The number of esters is 1. The minimum Gasteiger partial charge on any atom is -0.432 e. The summed E-state index contributed by atoms with van der Waals surface area (Å²) >= 11 is 0. The summed E-state index contributed by atoms with van der Waals surface area (Å²) in [7, 11) is 0. The molecule has 0 spiro atoms. The monoisotopic (exact) mass is 1350 g/mol. The van der Waals surface area contributed by atoms with Crippen LogP contribution < -0.4 is 0 Å². The standard InChI is InChI=1S/C64H104O30/c1-25-36(67)51(93-55-48(79)43(74)38(69)29(21-66)88-55)50(81)57(86-25)91-32-24-83-52(45(76)41(32)72)89-31-23-85-54(46(77)40(31)71)92-35-12-13-61(6)33(60(35,4)5)11-14-63(8)34(61)10-9-26-27-19-59(2,3)15-17-64(27,18-16-62(26,63)7)58(82)94-56-49(80)44(75)39(70)30(90-56)22-84-53-47(78)42(73)37(68)28(20-65)87-53/h9,25,27-57,65-81H,10-24H2,1-8H3/t25-,27-,28-,29+,30-,31+,32-,33-,34?,35-,36-,37-,38-,39-,40-,41-,42+,43+,44+,45+,46+,47-,48+,49-,50+,51-,52-,53-,54-,55-,56+,57-,61-,62+,63+,64-/m0/s1. The van der Waals surface area contributed by atoms with Crippen LogP contribution in [0.1, 0.15) is 120 Å². The fourth-order valence-electron chi connectivity index (χ4n) is 18.7. The number of rotatable bonds is 15. The fraction of sp³-hybridized carbons (Fsp3) is 0.953. The first kappa shape index (κ1) is 73.3. The van der Waals surface area contributed by atoms with E-state index >= 15 is 4.79 Å². The first-order chi connectivity index (χ1) is 44.1. The van der Waals surface area contributed by atoms with Gasteiger partial charge in [0.15, 0.2) is 31.5 Å². The van der Waals surface area contributed by atoms with Crippen LogP contribution in [0.25, 0.3) is 0 Å². The van der Waals surface area contributed by atoms with Crippen molar-refractivity contribution in [1.82, 2.24) is 0 Å². The van der Waals surface area contributed by atoms with Gasteiger partial charge in [-0.1, -0.05) is 60.1 Å². The Bertz CT molecular complexity index is 2640. The van der Waals surface area contributed by atoms with Crippen LogP contribution in [0, 0.1) is 50.2 Å². The third-order valence-corrected chi connectivity index (χ3v) is 24.9. The molecule has 540 valence electrons. The van der Waals surface area contributed by atoms with Gasteiger partial charge in [0.2, 0.25) is 6.29 Å². The SMILES string of the molecule is C[C@@H]1O[C@@H](O[C@H]2CO[C@@H](O[C@@H]3CO[C@@H](O[C@H]4CC[C@]5(C)C6CC=C7[C@@H]8CC(C)(C)CC[C@]8(C(=O)O[C@H]8O[C@@H](CO[C@H]9O[C@@H](CO)[C@H](O)[C@@H](O)[C@@H]9O)[C@H](O)[C@@H](O)[C@@H]8O)CC[C@@]7(C)[C@]6(C)CC[C@H]5C4(C)C)[C@H](O)[C@H]3O)[C@H](O)[C@H]2O)[C@H](O)[C@@H](O[C@@H]2O[C@H](CO)[C@H](O)[C@@H](O)[C@H]2O)[C@H]1O. The molecule has 6 aliphatic heterocycles. The largest absolute Gasteiger partial charge is 0.432 e. The molecule has 0 radical (unpaired) electrons. The molecule has 0 amide bonds. The molecule has 1 unspecified atom stereocenters. The Morgan fingerprint density at radius 1 is 0.500 bits per heavy atom. The Balaban J connectivity index is 0.706. The molecule has 17 N–H and O–H groups in total. The second-order valence-electron chi connectivity index (χ2n) is 31.0. The second-order valence-corrected chi connectivity index (χ2v) is 31.0. The number of hydrogen-bond donors (Lipinski definition) is 17. The van der Waals surface area contributed by atoms with E-state index in [-0.39, 0.29) is 46.0 Å². The lowest BCUT2D eigenvalue weighted by Gasteiger charge is -2.71. The maximum Gasteiger partial charge on any atom is 0.315 e. The summed E-state index contributed by atoms with van der Waals surface area (Å²) in [5, 5.41) is 183. The molecule has 6 saturated heterocycles. The predicted octanol–water partition coefficient (Wildman–Crippen LogP) is -4.08. The van der Waals surface area contributed by atoms with Crippen LogP contribution in [0.15, 0.2) is 11.6 Å². The van der Waals surface area contributed by atoms with Gasteiger partial charge < -0.3 is 144 Å². The Labute approximate surface area is 545 Å². The van der Waals surface area contributed by atoms with Crippen LogP contribution in [0.5, 0.6) is 0 Å². The maximum absolute atomic E-state index is 15.1. The van der Waals surface area contributed by atoms with E-state index in [2.05, 4.69) is 54.5 Å². The Kier molecular flexibility index (Phi) is 21.4. The summed E-state index contributed by atoms with van der Waals surface area (Å²) < 4.78 is 70.4. The molecule has 0 bridgehead atoms. The quantitative estimate of drug-likeness (QED) is 0.0421. The van der Waals surface area contributed by atoms with Gasteiger partial charge in [0.1, 0.15) is 128 Å². The minimum atomic E-state index is -1.86. The summed E-state index contributed by atoms with van der Waals surface area (Å²) in [5.74, 6) is -0.477. The van der Waals surface area contributed by atoms with E-state index in [0.29, 0.717) is 38.5 Å². The highest BCUT2D eigenvalue weighted by atomic mass is 16.8. The van der Waals surface area contributed by atoms with Crippen LogP contribution in [0.4, 0.5) is 0 Å². The lowest BCUT2D eigenvalue weighted by Crippen LogP contribution is -2.66. The highest BCUT2D eigenvalue weighted by Gasteiger charge is 2.70. The van der Waals surface area contributed by atoms with Crippen LogP contribution in [0.3, 0.4) is 0 Å². The van der Waals surface area contributed by atoms with Crippen molar-refractivity contribution in [2.45, 2.75) is 298 Å². The van der Waals surface area contributed by atoms with Gasteiger partial charge in [-0.25, -0.2) is 0 Å². The maximum atomic E-state index is 15.1. The summed E-state index contributed by atoms with van der Waals surface area (Å²) in [6.07, 6.45) is -36.2. The van der Waals surface area contributed by atoms with Crippen LogP contribution >= 0.6 is 0 Å². The number of allylic oxidation sites excluding steroid dienone is 2. The predicted molar refractivity (Wildman–Crippen MR) is 315 cm³/mol. The van der Waals surface area contributed by atoms with E-state index in [4.69, 9.17) is 56.8 Å². The third kappa shape index (κ3) is 12.6. The van der Waals surface area contributed by atoms with E-state index < -0.39 is 221 Å². The van der Waals surface area contributed by atoms with Gasteiger partial charge in [-0.05, 0) is 116 Å². The average Bonchev–Trinajstić information content (AvgIpc) is 0.675. The van der Waals surface area contributed by atoms with Gasteiger partial charge >= 0.3 is 5.97 Å². The molecule has 36 atom stereocenters. The van der Waals surface area contributed by atoms with Gasteiger partial charge in [0.25, 0.3) is 0 Å². The molecular formula is C64H104O30. The smallest absolute Gasteiger partial charge is 0.315 e. The summed E-state index contributed by atoms with van der Waals surface area (Å²) in [4.78, 5) is 15.1. The molecule has 0 aromatic rings. The van der Waals surface area contributed by atoms with Gasteiger partial charge in [0.05, 0.1) is 50.7 Å². The van der Waals surface area contributed by atoms with Crippen molar-refractivity contribution >= 4 is 5.97 Å². The zero-order valence-corrected chi connectivity index (χ0v) is 54.6. The first-order valence-electron chi connectivity index (χ1n) is 33.5. The summed E-state index contributed by atoms with van der Waals surface area (Å²) in [6, 6.07) is 0. The topological polar surface area (TPSA) is 472 Å². The van der Waals surface area contributed by atoms with Crippen molar-refractivity contribution < 1.29 is 148 Å².